The van der Waals surface area contributed by atoms with E-state index in [1.165, 1.54) is 0 Å². The zero-order valence-electron chi connectivity index (χ0n) is 21.6. The van der Waals surface area contributed by atoms with Gasteiger partial charge >= 0.3 is 5.97 Å². The fraction of sp³-hybridized carbons (Fsp3) is 0.500. The second-order valence-electron chi connectivity index (χ2n) is 10.0. The molecule has 3 rings (SSSR count). The lowest BCUT2D eigenvalue weighted by molar-refractivity contribution is -0.143. The van der Waals surface area contributed by atoms with Crippen molar-refractivity contribution in [2.24, 2.45) is 11.7 Å². The number of carbonyl (C=O) groups is 5. The number of carbonyl (C=O) groups excluding carboxylic acids is 4. The number of primary amides is 1. The lowest BCUT2D eigenvalue weighted by Gasteiger charge is -2.26. The number of hydrogen-bond acceptors (Lipinski definition) is 6. The third kappa shape index (κ3) is 7.78. The molecule has 4 amide bonds. The Morgan fingerprint density at radius 2 is 1.71 bits per heavy atom. The first-order valence-corrected chi connectivity index (χ1v) is 12.8. The molecule has 1 aromatic carbocycles. The van der Waals surface area contributed by atoms with Gasteiger partial charge in [-0.1, -0.05) is 32.0 Å². The molecule has 12 nitrogen and oxygen atoms in total. The maximum atomic E-state index is 13.4. The molecule has 206 valence electrons. The van der Waals surface area contributed by atoms with Crippen LogP contribution in [0, 0.1) is 5.92 Å². The summed E-state index contributed by atoms with van der Waals surface area (Å²) in [6, 6.07) is 3.40. The van der Waals surface area contributed by atoms with Gasteiger partial charge in [0.1, 0.15) is 18.1 Å². The molecule has 4 atom stereocenters. The number of amides is 4. The summed E-state index contributed by atoms with van der Waals surface area (Å²) in [5.74, 6) is -3.89. The lowest BCUT2D eigenvalue weighted by atomic mass is 10.00. The van der Waals surface area contributed by atoms with Gasteiger partial charge < -0.3 is 37.1 Å². The van der Waals surface area contributed by atoms with E-state index in [0.29, 0.717) is 12.8 Å². The van der Waals surface area contributed by atoms with E-state index in [1.807, 2.05) is 38.1 Å². The zero-order chi connectivity index (χ0) is 27.8. The van der Waals surface area contributed by atoms with E-state index in [2.05, 4.69) is 26.3 Å². The predicted octanol–water partition coefficient (Wildman–Crippen LogP) is -0.0771. The van der Waals surface area contributed by atoms with Gasteiger partial charge in [-0.15, -0.1) is 0 Å². The number of nitrogens with one attached hydrogen (secondary N) is 5. The van der Waals surface area contributed by atoms with E-state index in [4.69, 9.17) is 5.73 Å². The molecule has 12 heteroatoms. The maximum absolute atomic E-state index is 13.4. The van der Waals surface area contributed by atoms with Crippen LogP contribution in [0.2, 0.25) is 0 Å². The summed E-state index contributed by atoms with van der Waals surface area (Å²) in [7, 11) is 0. The lowest BCUT2D eigenvalue weighted by Crippen LogP contribution is -2.58. The molecule has 1 aliphatic rings. The standard InChI is InChI=1S/C26H36N6O6/c1-14(2)10-19(30-23(34)18-8-5-9-28-18)24(35)31-20(25(36)32-21(26(37)38)12-22(27)33)11-15-13-29-17-7-4-3-6-16(15)17/h3-4,6-7,13-14,18-21,28-29H,5,8-12H2,1-2H3,(H2,27,33)(H,30,34)(H,31,35)(H,32,36)(H,37,38)/t18-,19-,20-,21-/m0/s1. The molecular formula is C26H36N6O6. The summed E-state index contributed by atoms with van der Waals surface area (Å²) in [6.07, 6.45) is 3.03. The summed E-state index contributed by atoms with van der Waals surface area (Å²) in [5.41, 5.74) is 6.70. The van der Waals surface area contributed by atoms with Gasteiger partial charge in [-0.25, -0.2) is 4.79 Å². The van der Waals surface area contributed by atoms with Crippen LogP contribution < -0.4 is 27.0 Å². The highest BCUT2D eigenvalue weighted by Crippen LogP contribution is 2.19. The molecule has 8 N–H and O–H groups in total. The van der Waals surface area contributed by atoms with Gasteiger partial charge in [-0.3, -0.25) is 19.2 Å². The molecule has 0 saturated carbocycles. The molecule has 0 spiro atoms. The van der Waals surface area contributed by atoms with E-state index in [1.54, 1.807) is 6.20 Å². The average Bonchev–Trinajstić information content (AvgIpc) is 3.53. The van der Waals surface area contributed by atoms with Crippen molar-refractivity contribution in [1.29, 1.82) is 0 Å². The largest absolute Gasteiger partial charge is 0.480 e. The quantitative estimate of drug-likeness (QED) is 0.189. The minimum absolute atomic E-state index is 0.0387. The third-order valence-corrected chi connectivity index (χ3v) is 6.47. The summed E-state index contributed by atoms with van der Waals surface area (Å²) < 4.78 is 0. The smallest absolute Gasteiger partial charge is 0.326 e. The summed E-state index contributed by atoms with van der Waals surface area (Å²) in [4.78, 5) is 65.5. The van der Waals surface area contributed by atoms with Crippen LogP contribution in [0.5, 0.6) is 0 Å². The van der Waals surface area contributed by atoms with Crippen LogP contribution in [0.25, 0.3) is 10.9 Å². The molecule has 38 heavy (non-hydrogen) atoms. The monoisotopic (exact) mass is 528 g/mol. The summed E-state index contributed by atoms with van der Waals surface area (Å²) in [5, 5.41) is 21.2. The Balaban J connectivity index is 1.83. The number of fused-ring (bicyclic) bond motifs is 1. The second-order valence-corrected chi connectivity index (χ2v) is 10.0. The molecular weight excluding hydrogens is 492 g/mol. The maximum Gasteiger partial charge on any atom is 0.326 e. The number of hydrogen-bond donors (Lipinski definition) is 7. The van der Waals surface area contributed by atoms with Gasteiger partial charge in [-0.05, 0) is 43.4 Å². The molecule has 0 unspecified atom stereocenters. The number of rotatable bonds is 13. The van der Waals surface area contributed by atoms with Crippen molar-refractivity contribution in [2.45, 2.75) is 70.1 Å². The first-order chi connectivity index (χ1) is 18.0. The van der Waals surface area contributed by atoms with E-state index >= 15 is 0 Å². The van der Waals surface area contributed by atoms with Crippen molar-refractivity contribution < 1.29 is 29.1 Å². The normalized spacial score (nSPS) is 17.5. The Kier molecular flexibility index (Phi) is 9.83. The Labute approximate surface area is 220 Å². The molecule has 2 aromatic rings. The SMILES string of the molecule is CC(C)C[C@H](NC(=O)[C@@H]1CCCN1)C(=O)N[C@@H](Cc1c[nH]c2ccccc12)C(=O)N[C@@H](CC(N)=O)C(=O)O. The van der Waals surface area contributed by atoms with Crippen LogP contribution >= 0.6 is 0 Å². The summed E-state index contributed by atoms with van der Waals surface area (Å²) in [6.45, 7) is 4.55. The number of para-hydroxylation sites is 1. The molecule has 1 aromatic heterocycles. The predicted molar refractivity (Wildman–Crippen MR) is 140 cm³/mol. The van der Waals surface area contributed by atoms with Crippen LogP contribution in [-0.4, -0.2) is 70.4 Å². The van der Waals surface area contributed by atoms with Crippen molar-refractivity contribution >= 4 is 40.5 Å². The number of nitrogens with two attached hydrogens (primary N) is 1. The highest BCUT2D eigenvalue weighted by Gasteiger charge is 2.32. The fourth-order valence-corrected chi connectivity index (χ4v) is 4.56. The fourth-order valence-electron chi connectivity index (χ4n) is 4.56. The zero-order valence-corrected chi connectivity index (χ0v) is 21.6. The Morgan fingerprint density at radius 3 is 2.34 bits per heavy atom. The van der Waals surface area contributed by atoms with Crippen molar-refractivity contribution in [2.75, 3.05) is 6.54 Å². The number of benzene rings is 1. The van der Waals surface area contributed by atoms with Crippen LogP contribution in [0.3, 0.4) is 0 Å². The number of aliphatic carboxylic acids is 1. The first-order valence-electron chi connectivity index (χ1n) is 12.8. The van der Waals surface area contributed by atoms with Crippen LogP contribution in [0.4, 0.5) is 0 Å². The first kappa shape index (κ1) is 28.6. The van der Waals surface area contributed by atoms with Crippen molar-refractivity contribution in [3.05, 3.63) is 36.0 Å². The van der Waals surface area contributed by atoms with E-state index in [9.17, 15) is 29.1 Å². The number of aromatic nitrogens is 1. The molecule has 0 radical (unpaired) electrons. The minimum atomic E-state index is -1.55. The van der Waals surface area contributed by atoms with Gasteiger partial charge in [-0.2, -0.15) is 0 Å². The van der Waals surface area contributed by atoms with Gasteiger partial charge in [0.05, 0.1) is 12.5 Å². The average molecular weight is 529 g/mol. The molecule has 2 heterocycles. The summed E-state index contributed by atoms with van der Waals surface area (Å²) >= 11 is 0. The Morgan fingerprint density at radius 1 is 1.03 bits per heavy atom. The van der Waals surface area contributed by atoms with Gasteiger partial charge in [0, 0.05) is 23.5 Å². The number of aromatic amines is 1. The Hall–Kier alpha value is -3.93. The number of carboxylic acids is 1. The van der Waals surface area contributed by atoms with E-state index in [0.717, 1.165) is 29.4 Å². The van der Waals surface area contributed by atoms with Crippen molar-refractivity contribution in [3.63, 3.8) is 0 Å². The highest BCUT2D eigenvalue weighted by atomic mass is 16.4. The third-order valence-electron chi connectivity index (χ3n) is 6.47. The van der Waals surface area contributed by atoms with E-state index < -0.39 is 48.2 Å². The van der Waals surface area contributed by atoms with Gasteiger partial charge in [0.2, 0.25) is 23.6 Å². The van der Waals surface area contributed by atoms with Gasteiger partial charge in [0.25, 0.3) is 0 Å². The number of carboxylic acid groups (broad SMARTS) is 1. The van der Waals surface area contributed by atoms with Crippen molar-refractivity contribution in [3.8, 4) is 0 Å². The van der Waals surface area contributed by atoms with Crippen LogP contribution in [0.15, 0.2) is 30.5 Å². The molecule has 0 bridgehead atoms. The number of H-pyrrole nitrogens is 1. The minimum Gasteiger partial charge on any atom is -0.480 e. The molecule has 0 aliphatic carbocycles. The second kappa shape index (κ2) is 13.0. The molecule has 1 fully saturated rings. The van der Waals surface area contributed by atoms with Crippen molar-refractivity contribution in [1.82, 2.24) is 26.3 Å². The Bertz CT molecular complexity index is 1170. The van der Waals surface area contributed by atoms with E-state index in [-0.39, 0.29) is 24.3 Å². The van der Waals surface area contributed by atoms with Gasteiger partial charge in [0.15, 0.2) is 0 Å². The van der Waals surface area contributed by atoms with Crippen LogP contribution in [0.1, 0.15) is 45.1 Å². The van der Waals surface area contributed by atoms with Crippen LogP contribution in [-0.2, 0) is 30.4 Å². The highest BCUT2D eigenvalue weighted by molar-refractivity contribution is 5.95. The topological polar surface area (TPSA) is 196 Å². The molecule has 1 saturated heterocycles. The molecule has 1 aliphatic heterocycles.